The first-order chi connectivity index (χ1) is 15.9. The average molecular weight is 448 g/mol. The number of carbonyl (C=O) groups excluding carboxylic acids is 3. The van der Waals surface area contributed by atoms with E-state index in [1.807, 2.05) is 12.1 Å². The number of rotatable bonds is 7. The fourth-order valence-corrected chi connectivity index (χ4v) is 5.15. The predicted molar refractivity (Wildman–Crippen MR) is 126 cm³/mol. The number of nitrogens with two attached hydrogens (primary N) is 1. The third-order valence-electron chi connectivity index (χ3n) is 6.97. The second-order valence-electron chi connectivity index (χ2n) is 9.44. The molecule has 3 aliphatic rings. The van der Waals surface area contributed by atoms with Gasteiger partial charge in [0.2, 0.25) is 0 Å². The number of amides is 2. The molecule has 1 aliphatic carbocycles. The smallest absolute Gasteiger partial charge is 0.251 e. The van der Waals surface area contributed by atoms with Crippen LogP contribution < -0.4 is 21.3 Å². The van der Waals surface area contributed by atoms with Crippen LogP contribution in [0, 0.1) is 0 Å². The molecule has 8 nitrogen and oxygen atoms in total. The third-order valence-corrected chi connectivity index (χ3v) is 6.97. The number of Topliss-reactive ketones (excluding diaryl/α,β-unsaturated/α-hetero) is 1. The highest BCUT2D eigenvalue weighted by molar-refractivity contribution is 6.02. The molecule has 5 rings (SSSR count). The van der Waals surface area contributed by atoms with Gasteiger partial charge < -0.3 is 21.3 Å². The van der Waals surface area contributed by atoms with Crippen LogP contribution in [0.15, 0.2) is 36.5 Å². The highest BCUT2D eigenvalue weighted by Crippen LogP contribution is 2.38. The fourth-order valence-electron chi connectivity index (χ4n) is 5.15. The minimum absolute atomic E-state index is 0.0118. The number of hydrogen-bond acceptors (Lipinski definition) is 6. The van der Waals surface area contributed by atoms with E-state index in [0.29, 0.717) is 40.5 Å². The van der Waals surface area contributed by atoms with Crippen molar-refractivity contribution >= 4 is 29.1 Å². The molecule has 2 bridgehead atoms. The molecule has 3 heterocycles. The van der Waals surface area contributed by atoms with Gasteiger partial charge in [-0.25, -0.2) is 4.98 Å². The largest absolute Gasteiger partial charge is 0.382 e. The van der Waals surface area contributed by atoms with Crippen molar-refractivity contribution in [2.75, 3.05) is 10.2 Å². The van der Waals surface area contributed by atoms with Crippen molar-refractivity contribution in [2.24, 2.45) is 5.73 Å². The Morgan fingerprint density at radius 3 is 2.24 bits per heavy atom. The molecule has 2 aromatic rings. The minimum atomic E-state index is -0.501. The van der Waals surface area contributed by atoms with E-state index in [1.54, 1.807) is 31.3 Å². The predicted octanol–water partition coefficient (Wildman–Crippen LogP) is 2.89. The second kappa shape index (κ2) is 8.50. The highest BCUT2D eigenvalue weighted by Gasteiger charge is 2.41. The number of aromatic nitrogens is 1. The zero-order chi connectivity index (χ0) is 23.1. The Morgan fingerprint density at radius 1 is 0.970 bits per heavy atom. The van der Waals surface area contributed by atoms with Gasteiger partial charge in [-0.1, -0.05) is 0 Å². The van der Waals surface area contributed by atoms with Crippen molar-refractivity contribution in [1.29, 1.82) is 0 Å². The number of nitrogens with one attached hydrogen (secondary N) is 2. The summed E-state index contributed by atoms with van der Waals surface area (Å²) in [6, 6.07) is 9.85. The Hall–Kier alpha value is -3.42. The van der Waals surface area contributed by atoms with Crippen LogP contribution in [0.2, 0.25) is 0 Å². The molecule has 2 amide bonds. The molecule has 8 heteroatoms. The van der Waals surface area contributed by atoms with Crippen molar-refractivity contribution in [3.05, 3.63) is 53.2 Å². The van der Waals surface area contributed by atoms with Gasteiger partial charge in [-0.05, 0) is 75.8 Å². The van der Waals surface area contributed by atoms with Crippen LogP contribution in [-0.2, 0) is 0 Å². The fraction of sp³-hybridized carbons (Fsp3) is 0.440. The molecule has 2 saturated heterocycles. The van der Waals surface area contributed by atoms with Gasteiger partial charge in [-0.2, -0.15) is 0 Å². The summed E-state index contributed by atoms with van der Waals surface area (Å²) in [5.74, 6) is 0.276. The lowest BCUT2D eigenvalue weighted by Gasteiger charge is -2.40. The SMILES string of the molecule is CC(=O)c1ccc(N2[C@@H]3CC[C@H]2C[C@@H](NC(=O)c2ccc(C(N)=O)c(NC4CC4)c2)C3)nc1. The van der Waals surface area contributed by atoms with E-state index in [4.69, 9.17) is 5.73 Å². The third kappa shape index (κ3) is 4.42. The van der Waals surface area contributed by atoms with Crippen LogP contribution in [-0.4, -0.2) is 46.7 Å². The highest BCUT2D eigenvalue weighted by atomic mass is 16.2. The van der Waals surface area contributed by atoms with Crippen LogP contribution in [0.3, 0.4) is 0 Å². The van der Waals surface area contributed by atoms with Crippen LogP contribution in [0.4, 0.5) is 11.5 Å². The average Bonchev–Trinajstić information content (AvgIpc) is 3.56. The molecule has 3 atom stereocenters. The van der Waals surface area contributed by atoms with Crippen molar-refractivity contribution in [1.82, 2.24) is 10.3 Å². The maximum absolute atomic E-state index is 13.0. The van der Waals surface area contributed by atoms with E-state index < -0.39 is 5.91 Å². The van der Waals surface area contributed by atoms with Crippen molar-refractivity contribution in [3.63, 3.8) is 0 Å². The number of benzene rings is 1. The molecule has 3 fully saturated rings. The van der Waals surface area contributed by atoms with Gasteiger partial charge in [0.15, 0.2) is 5.78 Å². The number of piperidine rings is 1. The van der Waals surface area contributed by atoms with E-state index in [1.165, 1.54) is 0 Å². The number of pyridine rings is 1. The molecular formula is C25H29N5O3. The topological polar surface area (TPSA) is 117 Å². The number of nitrogens with zero attached hydrogens (tertiary/aromatic N) is 2. The second-order valence-corrected chi connectivity index (χ2v) is 9.44. The number of fused-ring (bicyclic) bond motifs is 2. The lowest BCUT2D eigenvalue weighted by atomic mass is 9.96. The van der Waals surface area contributed by atoms with Gasteiger partial charge in [0.05, 0.1) is 5.56 Å². The summed E-state index contributed by atoms with van der Waals surface area (Å²) in [6.45, 7) is 1.54. The first kappa shape index (κ1) is 21.4. The Kier molecular flexibility index (Phi) is 5.52. The zero-order valence-corrected chi connectivity index (χ0v) is 18.7. The van der Waals surface area contributed by atoms with E-state index in [2.05, 4.69) is 20.5 Å². The number of anilines is 2. The zero-order valence-electron chi connectivity index (χ0n) is 18.7. The van der Waals surface area contributed by atoms with E-state index in [-0.39, 0.29) is 17.7 Å². The van der Waals surface area contributed by atoms with Gasteiger partial charge in [0.25, 0.3) is 11.8 Å². The Morgan fingerprint density at radius 2 is 1.67 bits per heavy atom. The first-order valence-corrected chi connectivity index (χ1v) is 11.7. The van der Waals surface area contributed by atoms with Crippen LogP contribution >= 0.6 is 0 Å². The van der Waals surface area contributed by atoms with Gasteiger partial charge in [0.1, 0.15) is 5.82 Å². The molecule has 0 spiro atoms. The number of ketones is 1. The quantitative estimate of drug-likeness (QED) is 0.562. The van der Waals surface area contributed by atoms with Gasteiger partial charge in [-0.15, -0.1) is 0 Å². The lowest BCUT2D eigenvalue weighted by molar-refractivity contribution is 0.0924. The van der Waals surface area contributed by atoms with Gasteiger partial charge in [0, 0.05) is 47.2 Å². The maximum Gasteiger partial charge on any atom is 0.251 e. The summed E-state index contributed by atoms with van der Waals surface area (Å²) in [7, 11) is 0. The minimum Gasteiger partial charge on any atom is -0.382 e. The van der Waals surface area contributed by atoms with Crippen molar-refractivity contribution < 1.29 is 14.4 Å². The first-order valence-electron chi connectivity index (χ1n) is 11.7. The van der Waals surface area contributed by atoms with Gasteiger partial charge in [-0.3, -0.25) is 14.4 Å². The summed E-state index contributed by atoms with van der Waals surface area (Å²) < 4.78 is 0. The monoisotopic (exact) mass is 447 g/mol. The molecule has 172 valence electrons. The summed E-state index contributed by atoms with van der Waals surface area (Å²) in [5.41, 5.74) is 7.69. The maximum atomic E-state index is 13.0. The van der Waals surface area contributed by atoms with E-state index in [9.17, 15) is 14.4 Å². The summed E-state index contributed by atoms with van der Waals surface area (Å²) in [5, 5.41) is 6.51. The molecular weight excluding hydrogens is 418 g/mol. The standard InChI is InChI=1S/C25H29N5O3/c1-14(31)16-3-9-23(27-13-16)30-19-6-7-20(30)12-18(11-19)29-25(33)15-2-8-21(24(26)32)22(10-15)28-17-4-5-17/h2-3,8-10,13,17-20,28H,4-7,11-12H2,1H3,(H2,26,32)(H,29,33)/t18-,19+,20-. The van der Waals surface area contributed by atoms with Crippen LogP contribution in [0.1, 0.15) is 76.5 Å². The summed E-state index contributed by atoms with van der Waals surface area (Å²) >= 11 is 0. The van der Waals surface area contributed by atoms with Gasteiger partial charge >= 0.3 is 0 Å². The molecule has 1 aromatic carbocycles. The summed E-state index contributed by atoms with van der Waals surface area (Å²) in [4.78, 5) is 43.2. The lowest BCUT2D eigenvalue weighted by Crippen LogP contribution is -2.50. The molecule has 1 aromatic heterocycles. The molecule has 2 aliphatic heterocycles. The number of carbonyl (C=O) groups is 3. The molecule has 4 N–H and O–H groups in total. The van der Waals surface area contributed by atoms with Crippen LogP contribution in [0.25, 0.3) is 0 Å². The Labute approximate surface area is 192 Å². The molecule has 33 heavy (non-hydrogen) atoms. The van der Waals surface area contributed by atoms with E-state index in [0.717, 1.165) is 44.3 Å². The Balaban J connectivity index is 1.26. The van der Waals surface area contributed by atoms with Crippen LogP contribution in [0.5, 0.6) is 0 Å². The summed E-state index contributed by atoms with van der Waals surface area (Å²) in [6.07, 6.45) is 7.60. The molecule has 0 radical (unpaired) electrons. The van der Waals surface area contributed by atoms with Crippen molar-refractivity contribution in [2.45, 2.75) is 69.6 Å². The number of hydrogen-bond donors (Lipinski definition) is 3. The molecule has 1 saturated carbocycles. The number of primary amides is 1. The Bertz CT molecular complexity index is 1080. The van der Waals surface area contributed by atoms with E-state index >= 15 is 0 Å². The molecule has 0 unspecified atom stereocenters. The normalized spacial score (nSPS) is 23.8. The van der Waals surface area contributed by atoms with Crippen molar-refractivity contribution in [3.8, 4) is 0 Å².